The number of nitrogens with zero attached hydrogens (tertiary/aromatic N) is 1. The summed E-state index contributed by atoms with van der Waals surface area (Å²) >= 11 is 5.12. The Hall–Kier alpha value is -0.620. The molecule has 1 N–H and O–H groups in total. The number of hydrogen-bond donors (Lipinski definition) is 1. The fraction of sp³-hybridized carbons (Fsp3) is 0.625. The summed E-state index contributed by atoms with van der Waals surface area (Å²) in [4.78, 5) is 0. The van der Waals surface area contributed by atoms with Crippen LogP contribution in [0, 0.1) is 11.6 Å². The van der Waals surface area contributed by atoms with Crippen LogP contribution in [0.1, 0.15) is 18.2 Å². The van der Waals surface area contributed by atoms with Gasteiger partial charge >= 0.3 is 0 Å². The molecule has 1 aliphatic rings. The molecule has 14 heavy (non-hydrogen) atoms. The van der Waals surface area contributed by atoms with E-state index in [-0.39, 0.29) is 17.5 Å². The van der Waals surface area contributed by atoms with Gasteiger partial charge in [-0.15, -0.1) is 0 Å². The maximum absolute atomic E-state index is 11.3. The second-order valence-electron chi connectivity index (χ2n) is 3.70. The lowest BCUT2D eigenvalue weighted by molar-refractivity contribution is 0.491. The van der Waals surface area contributed by atoms with Crippen molar-refractivity contribution < 1.29 is 8.42 Å². The van der Waals surface area contributed by atoms with Crippen LogP contribution < -0.4 is 0 Å². The van der Waals surface area contributed by atoms with Crippen molar-refractivity contribution >= 4 is 22.1 Å². The number of rotatable bonds is 1. The van der Waals surface area contributed by atoms with Crippen LogP contribution in [0.4, 0.5) is 0 Å². The average molecular weight is 232 g/mol. The van der Waals surface area contributed by atoms with Crippen molar-refractivity contribution in [3.05, 3.63) is 16.4 Å². The lowest BCUT2D eigenvalue weighted by Gasteiger charge is -2.09. The molecule has 1 aliphatic heterocycles. The van der Waals surface area contributed by atoms with Gasteiger partial charge in [0, 0.05) is 5.69 Å². The molecule has 2 heterocycles. The number of hydrogen-bond acceptors (Lipinski definition) is 3. The molecule has 0 spiro atoms. The normalized spacial score (nSPS) is 25.4. The summed E-state index contributed by atoms with van der Waals surface area (Å²) in [7, 11) is -2.84. The fourth-order valence-corrected chi connectivity index (χ4v) is 3.85. The highest BCUT2D eigenvalue weighted by Gasteiger charge is 2.29. The number of aromatic amines is 1. The predicted molar refractivity (Wildman–Crippen MR) is 56.7 cm³/mol. The highest BCUT2D eigenvalue weighted by molar-refractivity contribution is 7.91. The van der Waals surface area contributed by atoms with E-state index in [9.17, 15) is 8.42 Å². The zero-order valence-corrected chi connectivity index (χ0v) is 9.49. The van der Waals surface area contributed by atoms with Crippen LogP contribution in [0.15, 0.2) is 6.07 Å². The molecule has 4 nitrogen and oxygen atoms in total. The third-order valence-corrected chi connectivity index (χ3v) is 4.51. The second-order valence-corrected chi connectivity index (χ2v) is 6.35. The van der Waals surface area contributed by atoms with E-state index >= 15 is 0 Å². The van der Waals surface area contributed by atoms with Crippen molar-refractivity contribution in [1.29, 1.82) is 0 Å². The van der Waals surface area contributed by atoms with E-state index < -0.39 is 9.84 Å². The van der Waals surface area contributed by atoms with Crippen LogP contribution in [0.25, 0.3) is 0 Å². The Kier molecular flexibility index (Phi) is 2.27. The van der Waals surface area contributed by atoms with Crippen LogP contribution >= 0.6 is 12.2 Å². The monoisotopic (exact) mass is 232 g/mol. The molecule has 0 amide bonds. The van der Waals surface area contributed by atoms with Gasteiger partial charge in [-0.2, -0.15) is 0 Å². The smallest absolute Gasteiger partial charge is 0.152 e. The van der Waals surface area contributed by atoms with Crippen LogP contribution in [-0.4, -0.2) is 29.7 Å². The first-order chi connectivity index (χ1) is 6.48. The van der Waals surface area contributed by atoms with Gasteiger partial charge in [-0.3, -0.25) is 4.68 Å². The number of nitrogens with one attached hydrogen (secondary N) is 1. The average Bonchev–Trinajstić information content (AvgIpc) is 2.55. The maximum atomic E-state index is 11.3. The molecule has 0 radical (unpaired) electrons. The topological polar surface area (TPSA) is 54.9 Å². The summed E-state index contributed by atoms with van der Waals surface area (Å²) in [6.07, 6.45) is 0.663. The zero-order chi connectivity index (χ0) is 10.3. The van der Waals surface area contributed by atoms with Gasteiger partial charge in [-0.1, -0.05) is 12.2 Å². The minimum absolute atomic E-state index is 0.00111. The number of aryl methyl sites for hydroxylation is 1. The molecule has 2 rings (SSSR count). The third-order valence-electron chi connectivity index (χ3n) is 2.45. The molecule has 78 valence electrons. The van der Waals surface area contributed by atoms with E-state index in [1.807, 2.05) is 13.0 Å². The minimum Gasteiger partial charge on any atom is -0.302 e. The van der Waals surface area contributed by atoms with Gasteiger partial charge < -0.3 is 5.10 Å². The Bertz CT molecular complexity index is 498. The molecule has 1 saturated heterocycles. The van der Waals surface area contributed by atoms with E-state index in [1.54, 1.807) is 4.68 Å². The Morgan fingerprint density at radius 2 is 2.36 bits per heavy atom. The first-order valence-corrected chi connectivity index (χ1v) is 6.69. The molecular formula is C8H12N2O2S2. The maximum Gasteiger partial charge on any atom is 0.152 e. The van der Waals surface area contributed by atoms with Gasteiger partial charge in [0.25, 0.3) is 0 Å². The van der Waals surface area contributed by atoms with E-state index in [2.05, 4.69) is 5.10 Å². The molecule has 6 heteroatoms. The van der Waals surface area contributed by atoms with Crippen LogP contribution in [-0.2, 0) is 9.84 Å². The van der Waals surface area contributed by atoms with Crippen molar-refractivity contribution in [2.24, 2.45) is 0 Å². The third kappa shape index (κ3) is 1.76. The molecule has 0 saturated carbocycles. The van der Waals surface area contributed by atoms with E-state index in [0.717, 1.165) is 5.69 Å². The van der Waals surface area contributed by atoms with E-state index in [1.165, 1.54) is 0 Å². The van der Waals surface area contributed by atoms with Gasteiger partial charge in [0.2, 0.25) is 0 Å². The molecule has 0 bridgehead atoms. The summed E-state index contributed by atoms with van der Waals surface area (Å²) < 4.78 is 25.0. The molecule has 1 aromatic heterocycles. The highest BCUT2D eigenvalue weighted by Crippen LogP contribution is 2.23. The number of aromatic nitrogens is 2. The molecular weight excluding hydrogens is 220 g/mol. The number of H-pyrrole nitrogens is 1. The lowest BCUT2D eigenvalue weighted by atomic mass is 10.3. The van der Waals surface area contributed by atoms with Gasteiger partial charge in [0.15, 0.2) is 9.84 Å². The molecule has 0 aliphatic carbocycles. The van der Waals surface area contributed by atoms with Gasteiger partial charge in [-0.25, -0.2) is 8.42 Å². The van der Waals surface area contributed by atoms with Crippen molar-refractivity contribution in [1.82, 2.24) is 9.78 Å². The van der Waals surface area contributed by atoms with Gasteiger partial charge in [0.1, 0.15) is 4.64 Å². The molecule has 1 unspecified atom stereocenters. The Balaban J connectivity index is 2.34. The van der Waals surface area contributed by atoms with Gasteiger partial charge in [0.05, 0.1) is 17.5 Å². The summed E-state index contributed by atoms with van der Waals surface area (Å²) in [6, 6.07) is 1.85. The number of sulfone groups is 1. The van der Waals surface area contributed by atoms with Crippen LogP contribution in [0.2, 0.25) is 0 Å². The SMILES string of the molecule is Cc1cc(=S)n(C2CCS(=O)(=O)C2)[nH]1. The van der Waals surface area contributed by atoms with Crippen molar-refractivity contribution in [3.63, 3.8) is 0 Å². The molecule has 0 aromatic carbocycles. The highest BCUT2D eigenvalue weighted by atomic mass is 32.2. The Morgan fingerprint density at radius 3 is 2.79 bits per heavy atom. The van der Waals surface area contributed by atoms with Crippen LogP contribution in [0.5, 0.6) is 0 Å². The van der Waals surface area contributed by atoms with Crippen molar-refractivity contribution in [2.45, 2.75) is 19.4 Å². The zero-order valence-electron chi connectivity index (χ0n) is 7.86. The fourth-order valence-electron chi connectivity index (χ4n) is 1.78. The van der Waals surface area contributed by atoms with Crippen LogP contribution in [0.3, 0.4) is 0 Å². The van der Waals surface area contributed by atoms with Crippen molar-refractivity contribution in [3.8, 4) is 0 Å². The second kappa shape index (κ2) is 3.20. The van der Waals surface area contributed by atoms with E-state index in [0.29, 0.717) is 11.1 Å². The Morgan fingerprint density at radius 1 is 1.64 bits per heavy atom. The summed E-state index contributed by atoms with van der Waals surface area (Å²) in [6.45, 7) is 1.91. The summed E-state index contributed by atoms with van der Waals surface area (Å²) in [5.74, 6) is 0.485. The van der Waals surface area contributed by atoms with Gasteiger partial charge in [-0.05, 0) is 19.4 Å². The molecule has 1 aromatic rings. The van der Waals surface area contributed by atoms with Crippen molar-refractivity contribution in [2.75, 3.05) is 11.5 Å². The lowest BCUT2D eigenvalue weighted by Crippen LogP contribution is -2.12. The minimum atomic E-state index is -2.84. The first-order valence-electron chi connectivity index (χ1n) is 4.46. The quantitative estimate of drug-likeness (QED) is 0.741. The molecule has 1 fully saturated rings. The van der Waals surface area contributed by atoms with E-state index in [4.69, 9.17) is 12.2 Å². The predicted octanol–water partition coefficient (Wildman–Crippen LogP) is 1.21. The Labute approximate surface area is 87.8 Å². The largest absolute Gasteiger partial charge is 0.302 e. The molecule has 1 atom stereocenters. The summed E-state index contributed by atoms with van der Waals surface area (Å²) in [5.41, 5.74) is 0.972. The first kappa shape index (κ1) is 9.92. The standard InChI is InChI=1S/C8H12N2O2S2/c1-6-4-8(13)10(9-6)7-2-3-14(11,12)5-7/h4,7,9H,2-3,5H2,1H3. The summed E-state index contributed by atoms with van der Waals surface area (Å²) in [5, 5.41) is 3.07.